The monoisotopic (exact) mass is 271 g/mol. The van der Waals surface area contributed by atoms with Crippen LogP contribution >= 0.6 is 23.5 Å². The molecule has 1 unspecified atom stereocenters. The molecule has 4 nitrogen and oxygen atoms in total. The Kier molecular flexibility index (Phi) is 5.25. The van der Waals surface area contributed by atoms with Gasteiger partial charge in [0, 0.05) is 35.1 Å². The number of thioether (sulfide) groups is 2. The fourth-order valence-electron chi connectivity index (χ4n) is 1.54. The van der Waals surface area contributed by atoms with Crippen molar-refractivity contribution in [1.29, 1.82) is 0 Å². The van der Waals surface area contributed by atoms with E-state index < -0.39 is 0 Å². The third-order valence-electron chi connectivity index (χ3n) is 2.33. The highest BCUT2D eigenvalue weighted by Gasteiger charge is 2.14. The minimum atomic E-state index is 0.631. The lowest BCUT2D eigenvalue weighted by atomic mass is 10.4. The fraction of sp³-hybridized carbons (Fsp3) is 0.636. The van der Waals surface area contributed by atoms with Crippen LogP contribution in [0, 0.1) is 0 Å². The van der Waals surface area contributed by atoms with Crippen LogP contribution in [-0.2, 0) is 0 Å². The van der Waals surface area contributed by atoms with Gasteiger partial charge in [-0.15, -0.1) is 0 Å². The predicted molar refractivity (Wildman–Crippen MR) is 75.3 cm³/mol. The molecule has 1 aliphatic heterocycles. The van der Waals surface area contributed by atoms with E-state index in [2.05, 4.69) is 15.3 Å². The zero-order chi connectivity index (χ0) is 11.9. The van der Waals surface area contributed by atoms with Gasteiger partial charge in [-0.1, -0.05) is 0 Å². The van der Waals surface area contributed by atoms with Crippen molar-refractivity contribution < 1.29 is 4.74 Å². The van der Waals surface area contributed by atoms with Crippen LogP contribution in [0.3, 0.4) is 0 Å². The van der Waals surface area contributed by atoms with Crippen molar-refractivity contribution in [3.05, 3.63) is 12.4 Å². The van der Waals surface area contributed by atoms with E-state index in [-0.39, 0.29) is 0 Å². The van der Waals surface area contributed by atoms with Crippen LogP contribution in [-0.4, -0.2) is 45.6 Å². The van der Waals surface area contributed by atoms with E-state index in [0.29, 0.717) is 17.7 Å². The summed E-state index contributed by atoms with van der Waals surface area (Å²) in [6.07, 6.45) is 1.54. The topological polar surface area (TPSA) is 47.0 Å². The van der Waals surface area contributed by atoms with Crippen LogP contribution in [0.4, 0.5) is 5.82 Å². The van der Waals surface area contributed by atoms with Crippen LogP contribution in [0.2, 0.25) is 0 Å². The molecule has 1 aromatic heterocycles. The minimum Gasteiger partial charge on any atom is -0.478 e. The van der Waals surface area contributed by atoms with Crippen LogP contribution in [0.15, 0.2) is 12.4 Å². The van der Waals surface area contributed by atoms with E-state index in [1.165, 1.54) is 23.6 Å². The molecule has 0 bridgehead atoms. The zero-order valence-corrected chi connectivity index (χ0v) is 11.5. The first-order valence-corrected chi connectivity index (χ1v) is 7.97. The number of nitrogens with one attached hydrogen (secondary N) is 1. The van der Waals surface area contributed by atoms with Gasteiger partial charge in [-0.25, -0.2) is 9.97 Å². The summed E-state index contributed by atoms with van der Waals surface area (Å²) in [5.74, 6) is 5.24. The van der Waals surface area contributed by atoms with Gasteiger partial charge in [0.15, 0.2) is 0 Å². The third-order valence-corrected chi connectivity index (χ3v) is 5.17. The van der Waals surface area contributed by atoms with E-state index in [1.54, 1.807) is 0 Å². The van der Waals surface area contributed by atoms with Crippen molar-refractivity contribution in [3.8, 4) is 5.88 Å². The molecule has 0 aromatic carbocycles. The molecule has 6 heteroatoms. The van der Waals surface area contributed by atoms with Gasteiger partial charge >= 0.3 is 0 Å². The molecule has 0 saturated carbocycles. The molecule has 1 aromatic rings. The van der Waals surface area contributed by atoms with Gasteiger partial charge in [0.2, 0.25) is 5.88 Å². The maximum absolute atomic E-state index is 5.34. The molecule has 0 amide bonds. The van der Waals surface area contributed by atoms with E-state index in [1.807, 2.05) is 36.5 Å². The van der Waals surface area contributed by atoms with Gasteiger partial charge < -0.3 is 10.1 Å². The average molecular weight is 271 g/mol. The first kappa shape index (κ1) is 12.8. The number of aromatic nitrogens is 2. The normalized spacial score (nSPS) is 19.9. The lowest BCUT2D eigenvalue weighted by molar-refractivity contribution is 0.326. The van der Waals surface area contributed by atoms with Crippen LogP contribution in [0.1, 0.15) is 6.92 Å². The largest absolute Gasteiger partial charge is 0.478 e. The Morgan fingerprint density at radius 2 is 2.41 bits per heavy atom. The summed E-state index contributed by atoms with van der Waals surface area (Å²) in [4.78, 5) is 8.23. The first-order valence-electron chi connectivity index (χ1n) is 5.76. The van der Waals surface area contributed by atoms with Crippen molar-refractivity contribution in [2.24, 2.45) is 0 Å². The molecule has 94 valence electrons. The quantitative estimate of drug-likeness (QED) is 0.885. The molecule has 1 fully saturated rings. The second-order valence-electron chi connectivity index (χ2n) is 3.62. The molecule has 17 heavy (non-hydrogen) atoms. The lowest BCUT2D eigenvalue weighted by Crippen LogP contribution is -2.23. The van der Waals surface area contributed by atoms with Crippen molar-refractivity contribution in [2.75, 3.05) is 35.7 Å². The van der Waals surface area contributed by atoms with Gasteiger partial charge in [-0.05, 0) is 6.92 Å². The molecule has 2 heterocycles. The summed E-state index contributed by atoms with van der Waals surface area (Å²) in [6, 6.07) is 1.85. The molecule has 1 N–H and O–H groups in total. The van der Waals surface area contributed by atoms with Crippen molar-refractivity contribution in [3.63, 3.8) is 0 Å². The molecular formula is C11H17N3OS2. The maximum atomic E-state index is 5.34. The molecule has 1 saturated heterocycles. The Bertz CT molecular complexity index is 345. The lowest BCUT2D eigenvalue weighted by Gasteiger charge is -2.21. The number of ether oxygens (including phenoxy) is 1. The Hall–Kier alpha value is -0.620. The summed E-state index contributed by atoms with van der Waals surface area (Å²) < 4.78 is 5.34. The van der Waals surface area contributed by atoms with Crippen molar-refractivity contribution in [1.82, 2.24) is 9.97 Å². The maximum Gasteiger partial charge on any atom is 0.218 e. The second kappa shape index (κ2) is 6.96. The van der Waals surface area contributed by atoms with E-state index in [4.69, 9.17) is 4.74 Å². The molecule has 0 spiro atoms. The molecule has 1 aliphatic rings. The van der Waals surface area contributed by atoms with Gasteiger partial charge in [0.25, 0.3) is 0 Å². The number of hydrogen-bond donors (Lipinski definition) is 1. The number of hydrogen-bond acceptors (Lipinski definition) is 6. The minimum absolute atomic E-state index is 0.631. The smallest absolute Gasteiger partial charge is 0.218 e. The Labute approximate surface area is 110 Å². The average Bonchev–Trinajstić information content (AvgIpc) is 2.39. The van der Waals surface area contributed by atoms with Crippen molar-refractivity contribution in [2.45, 2.75) is 12.2 Å². The van der Waals surface area contributed by atoms with Crippen molar-refractivity contribution >= 4 is 29.3 Å². The van der Waals surface area contributed by atoms with Crippen LogP contribution in [0.25, 0.3) is 0 Å². The number of rotatable bonds is 5. The fourth-order valence-corrected chi connectivity index (χ4v) is 4.15. The van der Waals surface area contributed by atoms with Gasteiger partial charge in [0.05, 0.1) is 6.61 Å². The Morgan fingerprint density at radius 1 is 1.47 bits per heavy atom. The van der Waals surface area contributed by atoms with Gasteiger partial charge in [-0.2, -0.15) is 23.5 Å². The first-order chi connectivity index (χ1) is 8.38. The summed E-state index contributed by atoms with van der Waals surface area (Å²) in [6.45, 7) is 3.54. The summed E-state index contributed by atoms with van der Waals surface area (Å²) in [5, 5.41) is 4.03. The molecular weight excluding hydrogens is 254 g/mol. The summed E-state index contributed by atoms with van der Waals surface area (Å²) >= 11 is 4.07. The summed E-state index contributed by atoms with van der Waals surface area (Å²) in [5.41, 5.74) is 0. The summed E-state index contributed by atoms with van der Waals surface area (Å²) in [7, 11) is 0. The van der Waals surface area contributed by atoms with Crippen LogP contribution in [0.5, 0.6) is 5.88 Å². The van der Waals surface area contributed by atoms with E-state index >= 15 is 0 Å². The Morgan fingerprint density at radius 3 is 3.18 bits per heavy atom. The highest BCUT2D eigenvalue weighted by molar-refractivity contribution is 8.06. The molecule has 1 atom stereocenters. The zero-order valence-electron chi connectivity index (χ0n) is 9.89. The molecule has 0 aliphatic carbocycles. The Balaban J connectivity index is 1.83. The highest BCUT2D eigenvalue weighted by Crippen LogP contribution is 2.24. The third kappa shape index (κ3) is 4.27. The highest BCUT2D eigenvalue weighted by atomic mass is 32.2. The van der Waals surface area contributed by atoms with E-state index in [9.17, 15) is 0 Å². The molecule has 0 radical (unpaired) electrons. The van der Waals surface area contributed by atoms with Gasteiger partial charge in [0.1, 0.15) is 12.1 Å². The number of nitrogens with zero attached hydrogens (tertiary/aromatic N) is 2. The van der Waals surface area contributed by atoms with Gasteiger partial charge in [-0.3, -0.25) is 0 Å². The van der Waals surface area contributed by atoms with E-state index in [0.717, 1.165) is 12.4 Å². The van der Waals surface area contributed by atoms with Crippen LogP contribution < -0.4 is 10.1 Å². The predicted octanol–water partition coefficient (Wildman–Crippen LogP) is 2.14. The number of anilines is 1. The SMILES string of the molecule is CCOc1cc(NCC2CSCCS2)ncn1. The standard InChI is InChI=1S/C11H17N3OS2/c1-2-15-11-5-10(13-8-14-11)12-6-9-7-16-3-4-17-9/h5,8-9H,2-4,6-7H2,1H3,(H,12,13,14). The molecule has 2 rings (SSSR count). The second-order valence-corrected chi connectivity index (χ2v) is 6.18.